The molecular formula is C24H24ClN5O4S2. The molecule has 0 radical (unpaired) electrons. The number of hydrogen-bond acceptors (Lipinski definition) is 8. The lowest BCUT2D eigenvalue weighted by Crippen LogP contribution is -2.41. The summed E-state index contributed by atoms with van der Waals surface area (Å²) in [6.45, 7) is 3.84. The maximum atomic E-state index is 13.6. The molecule has 188 valence electrons. The van der Waals surface area contributed by atoms with Crippen molar-refractivity contribution in [3.05, 3.63) is 71.3 Å². The van der Waals surface area contributed by atoms with E-state index in [9.17, 15) is 14.4 Å². The molecule has 1 amide bonds. The van der Waals surface area contributed by atoms with Crippen LogP contribution < -0.4 is 11.2 Å². The Hall–Kier alpha value is -2.76. The van der Waals surface area contributed by atoms with Crippen LogP contribution in [0.5, 0.6) is 0 Å². The van der Waals surface area contributed by atoms with Crippen LogP contribution in [0.15, 0.2) is 31.5 Å². The molecule has 3 aromatic rings. The first-order chi connectivity index (χ1) is 17.2. The molecule has 0 spiro atoms. The van der Waals surface area contributed by atoms with Gasteiger partial charge < -0.3 is 14.2 Å². The van der Waals surface area contributed by atoms with Crippen molar-refractivity contribution >= 4 is 51.2 Å². The first kappa shape index (κ1) is 23.6. The minimum absolute atomic E-state index is 0.0217. The zero-order chi connectivity index (χ0) is 25.3. The summed E-state index contributed by atoms with van der Waals surface area (Å²) in [7, 11) is 3.19. The van der Waals surface area contributed by atoms with Crippen LogP contribution in [0.4, 0.5) is 0 Å². The molecule has 6 rings (SSSR count). The average molecular weight is 546 g/mol. The highest BCUT2D eigenvalue weighted by atomic mass is 35.5. The van der Waals surface area contributed by atoms with Gasteiger partial charge in [-0.15, -0.1) is 23.1 Å². The van der Waals surface area contributed by atoms with Gasteiger partial charge in [-0.25, -0.2) is 9.78 Å². The van der Waals surface area contributed by atoms with Crippen LogP contribution in [0.3, 0.4) is 0 Å². The number of furan rings is 1. The second-order valence-electron chi connectivity index (χ2n) is 9.31. The Morgan fingerprint density at radius 1 is 1.19 bits per heavy atom. The number of nitrogens with zero attached hydrogens (tertiary/aromatic N) is 5. The molecule has 3 aliphatic heterocycles. The number of hydrogen-bond donors (Lipinski definition) is 0. The fraction of sp³-hybridized carbons (Fsp3) is 0.417. The maximum absolute atomic E-state index is 13.6. The number of halogens is 1. The van der Waals surface area contributed by atoms with Gasteiger partial charge in [-0.2, -0.15) is 0 Å². The van der Waals surface area contributed by atoms with Gasteiger partial charge in [0.05, 0.1) is 21.9 Å². The molecule has 9 nitrogen and oxygen atoms in total. The van der Waals surface area contributed by atoms with E-state index in [4.69, 9.17) is 21.0 Å². The molecule has 12 heteroatoms. The van der Waals surface area contributed by atoms with E-state index >= 15 is 0 Å². The molecular weight excluding hydrogens is 522 g/mol. The minimum Gasteiger partial charge on any atom is -0.444 e. The number of thioether (sulfide) groups is 1. The minimum atomic E-state index is -0.447. The van der Waals surface area contributed by atoms with Crippen LogP contribution in [0.2, 0.25) is 5.22 Å². The number of aryl methyl sites for hydroxylation is 1. The fourth-order valence-corrected chi connectivity index (χ4v) is 7.78. The summed E-state index contributed by atoms with van der Waals surface area (Å²) < 4.78 is 8.54. The molecule has 6 heterocycles. The first-order valence-corrected chi connectivity index (χ1v) is 13.8. The van der Waals surface area contributed by atoms with Gasteiger partial charge in [0.15, 0.2) is 5.22 Å². The van der Waals surface area contributed by atoms with E-state index < -0.39 is 11.7 Å². The largest absolute Gasteiger partial charge is 0.444 e. The number of rotatable bonds is 4. The number of aromatic nitrogens is 3. The molecule has 2 atom stereocenters. The lowest BCUT2D eigenvalue weighted by Gasteiger charge is -2.37. The van der Waals surface area contributed by atoms with Gasteiger partial charge in [-0.3, -0.25) is 18.7 Å². The van der Waals surface area contributed by atoms with E-state index in [0.717, 1.165) is 38.8 Å². The van der Waals surface area contributed by atoms with Gasteiger partial charge in [0.2, 0.25) is 5.91 Å². The topological polar surface area (TPSA) is 93.6 Å². The third-order valence-corrected chi connectivity index (χ3v) is 9.44. The van der Waals surface area contributed by atoms with Gasteiger partial charge in [-0.05, 0) is 37.1 Å². The Labute approximate surface area is 220 Å². The SMILES string of the molecule is Cc1csc(C2c3c(n(C)c(=O)n(C)c3=O)C3=C(c4ccc(Cl)o4)S[C@@H](CN4CCCC4=O)CN32)n1. The van der Waals surface area contributed by atoms with Crippen molar-refractivity contribution in [3.8, 4) is 0 Å². The molecule has 1 unspecified atom stereocenters. The molecule has 3 aliphatic rings. The van der Waals surface area contributed by atoms with E-state index in [-0.39, 0.29) is 21.9 Å². The first-order valence-electron chi connectivity index (χ1n) is 11.7. The smallest absolute Gasteiger partial charge is 0.330 e. The predicted molar refractivity (Wildman–Crippen MR) is 140 cm³/mol. The zero-order valence-electron chi connectivity index (χ0n) is 20.0. The lowest BCUT2D eigenvalue weighted by molar-refractivity contribution is -0.127. The van der Waals surface area contributed by atoms with Crippen molar-refractivity contribution < 1.29 is 9.21 Å². The molecule has 1 saturated heterocycles. The van der Waals surface area contributed by atoms with Crippen molar-refractivity contribution in [2.75, 3.05) is 19.6 Å². The molecule has 0 aromatic carbocycles. The van der Waals surface area contributed by atoms with Crippen molar-refractivity contribution in [2.45, 2.75) is 31.1 Å². The second kappa shape index (κ2) is 8.67. The molecule has 36 heavy (non-hydrogen) atoms. The third kappa shape index (κ3) is 3.59. The fourth-order valence-electron chi connectivity index (χ4n) is 5.34. The van der Waals surface area contributed by atoms with Crippen LogP contribution >= 0.6 is 34.7 Å². The second-order valence-corrected chi connectivity index (χ2v) is 11.9. The van der Waals surface area contributed by atoms with Crippen LogP contribution in [0.1, 0.15) is 46.6 Å². The van der Waals surface area contributed by atoms with E-state index in [2.05, 4.69) is 4.90 Å². The van der Waals surface area contributed by atoms with Crippen molar-refractivity contribution in [2.24, 2.45) is 14.1 Å². The van der Waals surface area contributed by atoms with Crippen LogP contribution in [-0.2, 0) is 18.9 Å². The van der Waals surface area contributed by atoms with Gasteiger partial charge in [0.25, 0.3) is 5.56 Å². The summed E-state index contributed by atoms with van der Waals surface area (Å²) in [6, 6.07) is 3.04. The third-order valence-electron chi connectivity index (χ3n) is 6.96. The highest BCUT2D eigenvalue weighted by molar-refractivity contribution is 8.09. The predicted octanol–water partition coefficient (Wildman–Crippen LogP) is 3.06. The van der Waals surface area contributed by atoms with E-state index in [1.807, 2.05) is 17.2 Å². The monoisotopic (exact) mass is 545 g/mol. The number of carbonyl (C=O) groups is 1. The Morgan fingerprint density at radius 3 is 2.64 bits per heavy atom. The molecule has 3 aromatic heterocycles. The van der Waals surface area contributed by atoms with E-state index in [1.54, 1.807) is 30.9 Å². The summed E-state index contributed by atoms with van der Waals surface area (Å²) >= 11 is 9.27. The molecule has 0 N–H and O–H groups in total. The standard InChI is InChI=1S/C24H24ClN5O4S2/c1-12-11-35-22(26-12)19-17-18(27(2)24(33)28(3)23(17)32)20-21(14-6-7-15(25)34-14)36-13(10-30(19)20)9-29-8-4-5-16(29)31/h6-7,11,13,19H,4-5,8-10H2,1-3H3/t13-,19?/m0/s1. The Morgan fingerprint density at radius 2 is 2.00 bits per heavy atom. The van der Waals surface area contributed by atoms with Crippen molar-refractivity contribution in [1.29, 1.82) is 0 Å². The average Bonchev–Trinajstić information content (AvgIpc) is 3.63. The van der Waals surface area contributed by atoms with Gasteiger partial charge in [0.1, 0.15) is 16.8 Å². The number of fused-ring (bicyclic) bond motifs is 3. The van der Waals surface area contributed by atoms with E-state index in [0.29, 0.717) is 36.5 Å². The molecule has 0 aliphatic carbocycles. The molecule has 1 fully saturated rings. The van der Waals surface area contributed by atoms with Crippen molar-refractivity contribution in [3.63, 3.8) is 0 Å². The number of amides is 1. The Kier molecular flexibility index (Phi) is 5.69. The van der Waals surface area contributed by atoms with Crippen molar-refractivity contribution in [1.82, 2.24) is 23.9 Å². The summed E-state index contributed by atoms with van der Waals surface area (Å²) in [5.74, 6) is 0.735. The number of carbonyl (C=O) groups excluding carboxylic acids is 1. The maximum Gasteiger partial charge on any atom is 0.330 e. The Bertz CT molecular complexity index is 1550. The van der Waals surface area contributed by atoms with Crippen LogP contribution in [-0.4, -0.2) is 54.7 Å². The van der Waals surface area contributed by atoms with Gasteiger partial charge in [-0.1, -0.05) is 0 Å². The zero-order valence-corrected chi connectivity index (χ0v) is 22.4. The highest BCUT2D eigenvalue weighted by Gasteiger charge is 2.47. The van der Waals surface area contributed by atoms with Gasteiger partial charge >= 0.3 is 5.69 Å². The summed E-state index contributed by atoms with van der Waals surface area (Å²) in [5, 5.41) is 3.04. The van der Waals surface area contributed by atoms with Crippen LogP contribution in [0.25, 0.3) is 10.6 Å². The molecule has 0 bridgehead atoms. The lowest BCUT2D eigenvalue weighted by atomic mass is 10.1. The highest BCUT2D eigenvalue weighted by Crippen LogP contribution is 2.53. The molecule has 0 saturated carbocycles. The Balaban J connectivity index is 1.60. The quantitative estimate of drug-likeness (QED) is 0.497. The normalized spacial score (nSPS) is 21.5. The summed E-state index contributed by atoms with van der Waals surface area (Å²) in [4.78, 5) is 48.7. The van der Waals surface area contributed by atoms with E-state index in [1.165, 1.54) is 23.0 Å². The summed E-state index contributed by atoms with van der Waals surface area (Å²) in [5.41, 5.74) is 2.01. The number of thiazole rings is 1. The van der Waals surface area contributed by atoms with Gasteiger partial charge in [0, 0.05) is 56.5 Å². The summed E-state index contributed by atoms with van der Waals surface area (Å²) in [6.07, 6.45) is 1.44. The van der Waals surface area contributed by atoms with Crippen LogP contribution in [0, 0.1) is 6.92 Å². The number of likely N-dealkylation sites (tertiary alicyclic amines) is 1.